The first-order chi connectivity index (χ1) is 5.20. The van der Waals surface area contributed by atoms with Crippen LogP contribution in [0.25, 0.3) is 0 Å². The lowest BCUT2D eigenvalue weighted by molar-refractivity contribution is 0.131. The van der Waals surface area contributed by atoms with E-state index in [0.717, 1.165) is 18.7 Å². The highest BCUT2D eigenvalue weighted by molar-refractivity contribution is 5.02. The van der Waals surface area contributed by atoms with E-state index in [1.54, 1.807) is 0 Å². The van der Waals surface area contributed by atoms with E-state index in [4.69, 9.17) is 4.74 Å². The molecule has 0 aromatic carbocycles. The fraction of sp³-hybridized carbons (Fsp3) is 0.778. The molecule has 1 heterocycles. The zero-order valence-corrected chi connectivity index (χ0v) is 7.39. The molecule has 1 N–H and O–H groups in total. The van der Waals surface area contributed by atoms with Crippen molar-refractivity contribution >= 4 is 0 Å². The summed E-state index contributed by atoms with van der Waals surface area (Å²) >= 11 is 0. The molecule has 1 fully saturated rings. The van der Waals surface area contributed by atoms with Gasteiger partial charge in [-0.2, -0.15) is 0 Å². The molecule has 2 heteroatoms. The first-order valence-corrected chi connectivity index (χ1v) is 4.27. The number of hydrogen-bond donors (Lipinski definition) is 1. The number of nitrogens with one attached hydrogen (secondary N) is 1. The maximum atomic E-state index is 5.45. The van der Waals surface area contributed by atoms with E-state index in [1.807, 2.05) is 0 Å². The monoisotopic (exact) mass is 157 g/mol. The summed E-state index contributed by atoms with van der Waals surface area (Å²) in [6.07, 6.45) is 2.56. The zero-order chi connectivity index (χ0) is 8.27. The van der Waals surface area contributed by atoms with Crippen molar-refractivity contribution in [2.45, 2.75) is 38.8 Å². The molecule has 0 unspecified atom stereocenters. The first-order valence-electron chi connectivity index (χ1n) is 4.27. The number of hydrogen-bond acceptors (Lipinski definition) is 2. The van der Waals surface area contributed by atoms with E-state index < -0.39 is 0 Å². The van der Waals surface area contributed by atoms with Crippen LogP contribution in [0.2, 0.25) is 0 Å². The predicted octanol–water partition coefficient (Wildman–Crippen LogP) is 1.92. The molecule has 1 aliphatic rings. The van der Waals surface area contributed by atoms with E-state index in [-0.39, 0.29) is 7.53 Å². The molecule has 66 valence electrons. The first kappa shape index (κ1) is 8.60. The van der Waals surface area contributed by atoms with Gasteiger partial charge in [-0.1, -0.05) is 6.58 Å². The van der Waals surface area contributed by atoms with Gasteiger partial charge in [-0.15, -0.1) is 0 Å². The molecule has 0 saturated carbocycles. The Morgan fingerprint density at radius 3 is 2.91 bits per heavy atom. The highest BCUT2D eigenvalue weighted by Gasteiger charge is 2.18. The van der Waals surface area contributed by atoms with Crippen molar-refractivity contribution in [1.29, 1.82) is 0 Å². The Morgan fingerprint density at radius 1 is 1.73 bits per heavy atom. The van der Waals surface area contributed by atoms with E-state index in [9.17, 15) is 0 Å². The molecule has 0 radical (unpaired) electrons. The predicted molar refractivity (Wildman–Crippen MR) is 48.5 cm³/mol. The van der Waals surface area contributed by atoms with Crippen molar-refractivity contribution in [3.8, 4) is 0 Å². The standard InChI is InChI=1S/C9H17NO.H2/c1-7(2)10-8(3)9-5-4-6-11-9;/h7,9-10H,3-6H2,1-2H3;1H/t9-;/m1./s1. The third-order valence-electron chi connectivity index (χ3n) is 1.79. The Bertz CT molecular complexity index is 141. The van der Waals surface area contributed by atoms with Gasteiger partial charge in [0.15, 0.2) is 0 Å². The van der Waals surface area contributed by atoms with Gasteiger partial charge in [-0.05, 0) is 26.7 Å². The fourth-order valence-electron chi connectivity index (χ4n) is 1.32. The third kappa shape index (κ3) is 2.54. The Hall–Kier alpha value is -0.500. The van der Waals surface area contributed by atoms with Crippen LogP contribution in [0.1, 0.15) is 28.1 Å². The van der Waals surface area contributed by atoms with Crippen LogP contribution < -0.4 is 5.32 Å². The second-order valence-corrected chi connectivity index (χ2v) is 3.33. The lowest BCUT2D eigenvalue weighted by atomic mass is 10.2. The van der Waals surface area contributed by atoms with Crippen molar-refractivity contribution in [2.75, 3.05) is 6.61 Å². The molecule has 11 heavy (non-hydrogen) atoms. The summed E-state index contributed by atoms with van der Waals surface area (Å²) in [5, 5.41) is 3.27. The van der Waals surface area contributed by atoms with Gasteiger partial charge in [0.05, 0.1) is 6.10 Å². The van der Waals surface area contributed by atoms with Crippen LogP contribution in [0.15, 0.2) is 12.3 Å². The quantitative estimate of drug-likeness (QED) is 0.676. The van der Waals surface area contributed by atoms with Crippen LogP contribution in [0, 0.1) is 0 Å². The molecule has 0 aromatic rings. The third-order valence-corrected chi connectivity index (χ3v) is 1.79. The van der Waals surface area contributed by atoms with Crippen LogP contribution >= 0.6 is 0 Å². The molecule has 0 spiro atoms. The van der Waals surface area contributed by atoms with Gasteiger partial charge in [0.2, 0.25) is 0 Å². The average molecular weight is 157 g/mol. The Balaban J connectivity index is 0.00000121. The minimum atomic E-state index is 0. The van der Waals surface area contributed by atoms with Gasteiger partial charge in [0.25, 0.3) is 0 Å². The average Bonchev–Trinajstić information content (AvgIpc) is 2.35. The molecular weight excluding hydrogens is 138 g/mol. The van der Waals surface area contributed by atoms with E-state index in [2.05, 4.69) is 25.7 Å². The highest BCUT2D eigenvalue weighted by atomic mass is 16.5. The number of rotatable bonds is 3. The van der Waals surface area contributed by atoms with Crippen molar-refractivity contribution < 1.29 is 6.16 Å². The van der Waals surface area contributed by atoms with Gasteiger partial charge in [-0.3, -0.25) is 0 Å². The lowest BCUT2D eigenvalue weighted by Crippen LogP contribution is -2.28. The molecule has 1 atom stereocenters. The van der Waals surface area contributed by atoms with Crippen molar-refractivity contribution in [1.82, 2.24) is 5.32 Å². The second-order valence-electron chi connectivity index (χ2n) is 3.33. The lowest BCUT2D eigenvalue weighted by Gasteiger charge is -2.17. The molecule has 0 aliphatic carbocycles. The highest BCUT2D eigenvalue weighted by Crippen LogP contribution is 2.16. The van der Waals surface area contributed by atoms with Crippen molar-refractivity contribution in [3.63, 3.8) is 0 Å². The van der Waals surface area contributed by atoms with Crippen LogP contribution in [0.5, 0.6) is 0 Å². The molecule has 1 rings (SSSR count). The summed E-state index contributed by atoms with van der Waals surface area (Å²) in [5.74, 6) is 0. The summed E-state index contributed by atoms with van der Waals surface area (Å²) in [5.41, 5.74) is 1.04. The Labute approximate surface area is 70.1 Å². The molecule has 2 nitrogen and oxygen atoms in total. The van der Waals surface area contributed by atoms with E-state index in [0.29, 0.717) is 6.04 Å². The zero-order valence-electron chi connectivity index (χ0n) is 7.39. The van der Waals surface area contributed by atoms with E-state index >= 15 is 0 Å². The second kappa shape index (κ2) is 3.77. The molecule has 0 amide bonds. The smallest absolute Gasteiger partial charge is 0.0964 e. The van der Waals surface area contributed by atoms with E-state index in [1.165, 1.54) is 6.42 Å². The van der Waals surface area contributed by atoms with Gasteiger partial charge in [0, 0.05) is 19.8 Å². The van der Waals surface area contributed by atoms with Crippen LogP contribution in [0.3, 0.4) is 0 Å². The van der Waals surface area contributed by atoms with Crippen molar-refractivity contribution in [3.05, 3.63) is 12.3 Å². The summed E-state index contributed by atoms with van der Waals surface area (Å²) in [4.78, 5) is 0. The van der Waals surface area contributed by atoms with Crippen LogP contribution in [-0.4, -0.2) is 18.8 Å². The minimum absolute atomic E-state index is 0. The fourth-order valence-corrected chi connectivity index (χ4v) is 1.32. The topological polar surface area (TPSA) is 21.3 Å². The largest absolute Gasteiger partial charge is 0.385 e. The molecule has 1 saturated heterocycles. The maximum absolute atomic E-state index is 5.45. The summed E-state index contributed by atoms with van der Waals surface area (Å²) < 4.78 is 5.45. The van der Waals surface area contributed by atoms with Crippen molar-refractivity contribution in [2.24, 2.45) is 0 Å². The summed E-state index contributed by atoms with van der Waals surface area (Å²) in [6, 6.07) is 0.465. The molecule has 0 aromatic heterocycles. The molecule has 0 bridgehead atoms. The SMILES string of the molecule is C=C(NC(C)C)[C@H]1CCCO1.[HH]. The summed E-state index contributed by atoms with van der Waals surface area (Å²) in [7, 11) is 0. The number of ether oxygens (including phenoxy) is 1. The molecule has 1 aliphatic heterocycles. The maximum Gasteiger partial charge on any atom is 0.0964 e. The normalized spacial score (nSPS) is 24.1. The van der Waals surface area contributed by atoms with Gasteiger partial charge >= 0.3 is 0 Å². The van der Waals surface area contributed by atoms with Crippen LogP contribution in [0.4, 0.5) is 0 Å². The molecular formula is C9H19NO. The summed E-state index contributed by atoms with van der Waals surface area (Å²) in [6.45, 7) is 9.06. The Kier molecular flexibility index (Phi) is 2.94. The van der Waals surface area contributed by atoms with Gasteiger partial charge in [0.1, 0.15) is 0 Å². The Morgan fingerprint density at radius 2 is 2.45 bits per heavy atom. The van der Waals surface area contributed by atoms with Gasteiger partial charge in [-0.25, -0.2) is 0 Å². The van der Waals surface area contributed by atoms with Gasteiger partial charge < -0.3 is 10.1 Å². The minimum Gasteiger partial charge on any atom is -0.385 e. The van der Waals surface area contributed by atoms with Crippen LogP contribution in [-0.2, 0) is 4.74 Å².